The fourth-order valence-corrected chi connectivity index (χ4v) is 3.70. The minimum atomic E-state index is 0.0252. The van der Waals surface area contributed by atoms with Crippen molar-refractivity contribution in [3.8, 4) is 6.07 Å². The van der Waals surface area contributed by atoms with E-state index < -0.39 is 0 Å². The molecule has 0 aromatic carbocycles. The Kier molecular flexibility index (Phi) is 5.89. The number of likely N-dealkylation sites (tertiary alicyclic amines) is 1. The van der Waals surface area contributed by atoms with Crippen LogP contribution in [0.2, 0.25) is 0 Å². The number of nitrogens with zero attached hydrogens (tertiary/aromatic N) is 2. The monoisotopic (exact) mass is 318 g/mol. The number of furan rings is 1. The highest BCUT2D eigenvalue weighted by Crippen LogP contribution is 2.36. The molecule has 0 spiro atoms. The molecule has 23 heavy (non-hydrogen) atoms. The summed E-state index contributed by atoms with van der Waals surface area (Å²) in [6, 6.07) is 6.86. The number of aliphatic hydroxyl groups excluding tert-OH is 1. The van der Waals surface area contributed by atoms with Crippen molar-refractivity contribution in [3.05, 3.63) is 23.7 Å². The van der Waals surface area contributed by atoms with E-state index in [0.29, 0.717) is 0 Å². The number of hydrogen-bond acceptors (Lipinski definition) is 4. The van der Waals surface area contributed by atoms with Crippen molar-refractivity contribution in [2.45, 2.75) is 65.5 Å². The van der Waals surface area contributed by atoms with Gasteiger partial charge in [0.05, 0.1) is 18.6 Å². The van der Waals surface area contributed by atoms with Crippen LogP contribution in [0.15, 0.2) is 16.5 Å². The van der Waals surface area contributed by atoms with Gasteiger partial charge in [0.1, 0.15) is 11.5 Å². The Morgan fingerprint density at radius 2 is 2.13 bits per heavy atom. The van der Waals surface area contributed by atoms with Crippen LogP contribution in [0.1, 0.15) is 51.6 Å². The second-order valence-electron chi connectivity index (χ2n) is 7.99. The van der Waals surface area contributed by atoms with Crippen molar-refractivity contribution < 1.29 is 9.52 Å². The molecule has 4 heteroatoms. The minimum Gasteiger partial charge on any atom is -0.466 e. The van der Waals surface area contributed by atoms with Crippen LogP contribution in [0.5, 0.6) is 0 Å². The average molecular weight is 318 g/mol. The molecule has 1 fully saturated rings. The van der Waals surface area contributed by atoms with Gasteiger partial charge in [-0.15, -0.1) is 0 Å². The van der Waals surface area contributed by atoms with Crippen molar-refractivity contribution in [3.63, 3.8) is 0 Å². The van der Waals surface area contributed by atoms with Gasteiger partial charge in [-0.25, -0.2) is 0 Å². The van der Waals surface area contributed by atoms with E-state index in [1.165, 1.54) is 0 Å². The maximum Gasteiger partial charge on any atom is 0.104 e. The lowest BCUT2D eigenvalue weighted by molar-refractivity contribution is 0.104. The molecule has 2 rings (SSSR count). The summed E-state index contributed by atoms with van der Waals surface area (Å²) >= 11 is 0. The first-order valence-corrected chi connectivity index (χ1v) is 8.65. The molecule has 1 N–H and O–H groups in total. The van der Waals surface area contributed by atoms with E-state index in [2.05, 4.69) is 31.7 Å². The fourth-order valence-electron chi connectivity index (χ4n) is 3.70. The summed E-state index contributed by atoms with van der Waals surface area (Å²) in [5.74, 6) is 1.99. The zero-order valence-corrected chi connectivity index (χ0v) is 14.9. The third kappa shape index (κ3) is 4.83. The summed E-state index contributed by atoms with van der Waals surface area (Å²) in [6.07, 6.45) is 3.67. The van der Waals surface area contributed by atoms with Gasteiger partial charge in [-0.05, 0) is 50.3 Å². The molecular weight excluding hydrogens is 288 g/mol. The molecule has 0 radical (unpaired) electrons. The lowest BCUT2D eigenvalue weighted by Crippen LogP contribution is -2.41. The summed E-state index contributed by atoms with van der Waals surface area (Å²) in [4.78, 5) is 2.37. The smallest absolute Gasteiger partial charge is 0.104 e. The molecule has 128 valence electrons. The Labute approximate surface area is 140 Å². The molecular formula is C19H30N2O2. The highest BCUT2D eigenvalue weighted by Gasteiger charge is 2.42. The number of aryl methyl sites for hydroxylation is 2. The molecule has 4 nitrogen and oxygen atoms in total. The molecule has 3 atom stereocenters. The Morgan fingerprint density at radius 3 is 2.65 bits per heavy atom. The summed E-state index contributed by atoms with van der Waals surface area (Å²) in [5.41, 5.74) is 0.181. The number of nitriles is 1. The Bertz CT molecular complexity index is 538. The molecule has 0 amide bonds. The second kappa shape index (κ2) is 7.51. The molecule has 1 aliphatic rings. The van der Waals surface area contributed by atoms with Crippen molar-refractivity contribution in [1.82, 2.24) is 4.90 Å². The van der Waals surface area contributed by atoms with Crippen LogP contribution in [0.25, 0.3) is 0 Å². The van der Waals surface area contributed by atoms with Crippen molar-refractivity contribution in [2.24, 2.45) is 11.3 Å². The van der Waals surface area contributed by atoms with Gasteiger partial charge >= 0.3 is 0 Å². The maximum absolute atomic E-state index is 9.72. The van der Waals surface area contributed by atoms with Crippen molar-refractivity contribution in [2.75, 3.05) is 13.2 Å². The van der Waals surface area contributed by atoms with Gasteiger partial charge in [-0.3, -0.25) is 4.90 Å². The Morgan fingerprint density at radius 1 is 1.39 bits per heavy atom. The first kappa shape index (κ1) is 18.0. The zero-order valence-electron chi connectivity index (χ0n) is 14.9. The molecule has 3 unspecified atom stereocenters. The van der Waals surface area contributed by atoms with Gasteiger partial charge in [-0.1, -0.05) is 20.8 Å². The molecule has 1 aliphatic heterocycles. The van der Waals surface area contributed by atoms with E-state index in [9.17, 15) is 10.4 Å². The lowest BCUT2D eigenvalue weighted by atomic mass is 9.83. The molecule has 1 saturated heterocycles. The summed E-state index contributed by atoms with van der Waals surface area (Å²) < 4.78 is 5.63. The molecule has 2 heterocycles. The van der Waals surface area contributed by atoms with Crippen LogP contribution >= 0.6 is 0 Å². The maximum atomic E-state index is 9.72. The number of hydrogen-bond donors (Lipinski definition) is 1. The fraction of sp³-hybridized carbons (Fsp3) is 0.737. The van der Waals surface area contributed by atoms with E-state index in [1.807, 2.05) is 19.1 Å². The highest BCUT2D eigenvalue weighted by atomic mass is 16.3. The first-order chi connectivity index (χ1) is 10.8. The van der Waals surface area contributed by atoms with E-state index >= 15 is 0 Å². The van der Waals surface area contributed by atoms with Crippen LogP contribution in [-0.2, 0) is 6.42 Å². The highest BCUT2D eigenvalue weighted by molar-refractivity contribution is 5.06. The lowest BCUT2D eigenvalue weighted by Gasteiger charge is -2.34. The molecule has 0 bridgehead atoms. The van der Waals surface area contributed by atoms with Crippen LogP contribution < -0.4 is 0 Å². The molecule has 1 aromatic rings. The van der Waals surface area contributed by atoms with E-state index in [4.69, 9.17) is 4.42 Å². The van der Waals surface area contributed by atoms with Gasteiger partial charge in [0.15, 0.2) is 0 Å². The first-order valence-electron chi connectivity index (χ1n) is 8.65. The van der Waals surface area contributed by atoms with Crippen molar-refractivity contribution >= 4 is 0 Å². The van der Waals surface area contributed by atoms with Crippen LogP contribution in [0.4, 0.5) is 0 Å². The summed E-state index contributed by atoms with van der Waals surface area (Å²) in [5, 5.41) is 19.2. The van der Waals surface area contributed by atoms with E-state index in [1.54, 1.807) is 0 Å². The van der Waals surface area contributed by atoms with Gasteiger partial charge in [0, 0.05) is 18.5 Å². The van der Waals surface area contributed by atoms with Gasteiger partial charge < -0.3 is 9.52 Å². The predicted molar refractivity (Wildman–Crippen MR) is 90.9 cm³/mol. The predicted octanol–water partition coefficient (Wildman–Crippen LogP) is 3.53. The van der Waals surface area contributed by atoms with Crippen molar-refractivity contribution in [1.29, 1.82) is 5.26 Å². The zero-order chi connectivity index (χ0) is 17.0. The molecule has 1 aromatic heterocycles. The van der Waals surface area contributed by atoms with Gasteiger partial charge in [0.25, 0.3) is 0 Å². The SMILES string of the molecule is Cc1ccc(CCCN2C(CO)CC(C#N)C2CC(C)(C)C)o1. The van der Waals surface area contributed by atoms with E-state index in [-0.39, 0.29) is 30.0 Å². The Balaban J connectivity index is 2.00. The largest absolute Gasteiger partial charge is 0.466 e. The number of rotatable bonds is 6. The Hall–Kier alpha value is -1.31. The standard InChI is InChI=1S/C19H30N2O2/c1-14-7-8-17(23-14)6-5-9-21-16(13-22)10-15(12-20)18(21)11-19(2,3)4/h7-8,15-16,18,22H,5-6,9-11,13H2,1-4H3. The molecule has 0 saturated carbocycles. The summed E-state index contributed by atoms with van der Waals surface area (Å²) in [6.45, 7) is 9.66. The normalized spacial score (nSPS) is 25.7. The quantitative estimate of drug-likeness (QED) is 0.871. The van der Waals surface area contributed by atoms with Crippen LogP contribution in [0, 0.1) is 29.6 Å². The summed E-state index contributed by atoms with van der Waals surface area (Å²) in [7, 11) is 0. The van der Waals surface area contributed by atoms with Gasteiger partial charge in [-0.2, -0.15) is 5.26 Å². The topological polar surface area (TPSA) is 60.4 Å². The third-order valence-electron chi connectivity index (χ3n) is 4.72. The van der Waals surface area contributed by atoms with Crippen LogP contribution in [-0.4, -0.2) is 35.2 Å². The average Bonchev–Trinajstić information content (AvgIpc) is 3.02. The molecule has 0 aliphatic carbocycles. The van der Waals surface area contributed by atoms with E-state index in [0.717, 1.165) is 43.7 Å². The van der Waals surface area contributed by atoms with Gasteiger partial charge in [0.2, 0.25) is 0 Å². The third-order valence-corrected chi connectivity index (χ3v) is 4.72. The number of aliphatic hydroxyl groups is 1. The minimum absolute atomic E-state index is 0.0252. The van der Waals surface area contributed by atoms with Crippen LogP contribution in [0.3, 0.4) is 0 Å². The second-order valence-corrected chi connectivity index (χ2v) is 7.99.